The molecule has 2 aromatic heterocycles. The van der Waals surface area contributed by atoms with E-state index in [1.807, 2.05) is 31.2 Å². The molecule has 20 heavy (non-hydrogen) atoms. The van der Waals surface area contributed by atoms with Gasteiger partial charge >= 0.3 is 0 Å². The second kappa shape index (κ2) is 5.96. The largest absolute Gasteiger partial charge is 0.325 e. The number of nitrogens with one attached hydrogen (secondary N) is 2. The van der Waals surface area contributed by atoms with Crippen LogP contribution in [0.15, 0.2) is 30.5 Å². The Morgan fingerprint density at radius 2 is 2.20 bits per heavy atom. The first-order chi connectivity index (χ1) is 9.81. The summed E-state index contributed by atoms with van der Waals surface area (Å²) in [4.78, 5) is 13.5. The molecule has 0 unspecified atom stereocenters. The summed E-state index contributed by atoms with van der Waals surface area (Å²) in [5.74, 6) is 2.96. The van der Waals surface area contributed by atoms with Crippen molar-refractivity contribution in [2.45, 2.75) is 25.7 Å². The number of pyridine rings is 1. The van der Waals surface area contributed by atoms with E-state index in [0.29, 0.717) is 5.92 Å². The Balaban J connectivity index is 1.82. The van der Waals surface area contributed by atoms with Crippen molar-refractivity contribution < 1.29 is 0 Å². The highest BCUT2D eigenvalue weighted by Gasteiger charge is 2.18. The molecule has 1 saturated heterocycles. The number of hydrogen-bond donors (Lipinski definition) is 2. The van der Waals surface area contributed by atoms with Gasteiger partial charge < -0.3 is 10.6 Å². The zero-order chi connectivity index (χ0) is 13.8. The summed E-state index contributed by atoms with van der Waals surface area (Å²) in [6, 6.07) is 7.73. The lowest BCUT2D eigenvalue weighted by Crippen LogP contribution is -2.29. The monoisotopic (exact) mass is 269 g/mol. The molecule has 0 saturated carbocycles. The molecule has 104 valence electrons. The minimum absolute atomic E-state index is 0.410. The van der Waals surface area contributed by atoms with Crippen LogP contribution in [-0.2, 0) is 0 Å². The van der Waals surface area contributed by atoms with Crippen LogP contribution in [0.25, 0.3) is 0 Å². The van der Waals surface area contributed by atoms with E-state index in [9.17, 15) is 0 Å². The molecule has 1 fully saturated rings. The van der Waals surface area contributed by atoms with Crippen molar-refractivity contribution in [3.8, 4) is 0 Å². The van der Waals surface area contributed by atoms with Crippen LogP contribution in [-0.4, -0.2) is 28.0 Å². The summed E-state index contributed by atoms with van der Waals surface area (Å²) < 4.78 is 0. The second-order valence-electron chi connectivity index (χ2n) is 5.14. The van der Waals surface area contributed by atoms with Gasteiger partial charge in [0.05, 0.1) is 0 Å². The molecular formula is C15H19N5. The van der Waals surface area contributed by atoms with Crippen LogP contribution < -0.4 is 10.6 Å². The van der Waals surface area contributed by atoms with E-state index in [2.05, 4.69) is 25.6 Å². The van der Waals surface area contributed by atoms with Gasteiger partial charge in [-0.15, -0.1) is 0 Å². The molecule has 1 aliphatic rings. The highest BCUT2D eigenvalue weighted by molar-refractivity contribution is 5.51. The fourth-order valence-electron chi connectivity index (χ4n) is 2.48. The molecule has 5 heteroatoms. The quantitative estimate of drug-likeness (QED) is 0.896. The molecule has 0 bridgehead atoms. The topological polar surface area (TPSA) is 62.7 Å². The molecule has 3 rings (SSSR count). The summed E-state index contributed by atoms with van der Waals surface area (Å²) in [5, 5.41) is 6.65. The molecule has 0 radical (unpaired) electrons. The molecule has 1 aliphatic heterocycles. The summed E-state index contributed by atoms with van der Waals surface area (Å²) in [6.45, 7) is 4.07. The molecule has 0 aliphatic carbocycles. The highest BCUT2D eigenvalue weighted by atomic mass is 15.1. The normalized spacial score (nSPS) is 18.8. The van der Waals surface area contributed by atoms with Crippen molar-refractivity contribution in [2.75, 3.05) is 18.4 Å². The van der Waals surface area contributed by atoms with Gasteiger partial charge in [0.25, 0.3) is 0 Å². The number of rotatable bonds is 3. The maximum absolute atomic E-state index is 4.65. The van der Waals surface area contributed by atoms with E-state index < -0.39 is 0 Å². The molecule has 3 heterocycles. The SMILES string of the molecule is Cc1cc(Nc2ccccn2)nc([C@@H]2CCCNC2)n1. The van der Waals surface area contributed by atoms with Gasteiger partial charge in [-0.25, -0.2) is 15.0 Å². The van der Waals surface area contributed by atoms with Crippen molar-refractivity contribution in [3.05, 3.63) is 42.0 Å². The molecule has 1 atom stereocenters. The van der Waals surface area contributed by atoms with Gasteiger partial charge in [-0.2, -0.15) is 0 Å². The van der Waals surface area contributed by atoms with E-state index >= 15 is 0 Å². The van der Waals surface area contributed by atoms with Gasteiger partial charge in [0.2, 0.25) is 0 Å². The second-order valence-corrected chi connectivity index (χ2v) is 5.14. The minimum atomic E-state index is 0.410. The molecular weight excluding hydrogens is 250 g/mol. The van der Waals surface area contributed by atoms with Gasteiger partial charge in [-0.05, 0) is 38.4 Å². The smallest absolute Gasteiger partial charge is 0.135 e. The first kappa shape index (κ1) is 13.0. The van der Waals surface area contributed by atoms with Crippen molar-refractivity contribution >= 4 is 11.6 Å². The summed E-state index contributed by atoms with van der Waals surface area (Å²) in [7, 11) is 0. The van der Waals surface area contributed by atoms with E-state index in [1.54, 1.807) is 6.20 Å². The van der Waals surface area contributed by atoms with Crippen LogP contribution in [0.3, 0.4) is 0 Å². The lowest BCUT2D eigenvalue weighted by Gasteiger charge is -2.22. The number of hydrogen-bond acceptors (Lipinski definition) is 5. The number of aromatic nitrogens is 3. The fourth-order valence-corrected chi connectivity index (χ4v) is 2.48. The standard InChI is InChI=1S/C15H19N5/c1-11-9-14(19-13-6-2-3-8-17-13)20-15(18-11)12-5-4-7-16-10-12/h2-3,6,8-9,12,16H,4-5,7,10H2,1H3,(H,17,18,19,20)/t12-/m1/s1. The average Bonchev–Trinajstić information content (AvgIpc) is 2.49. The Kier molecular flexibility index (Phi) is 3.87. The first-order valence-corrected chi connectivity index (χ1v) is 7.05. The Morgan fingerprint density at radius 3 is 2.95 bits per heavy atom. The summed E-state index contributed by atoms with van der Waals surface area (Å²) in [5.41, 5.74) is 0.985. The van der Waals surface area contributed by atoms with E-state index in [-0.39, 0.29) is 0 Å². The summed E-state index contributed by atoms with van der Waals surface area (Å²) in [6.07, 6.45) is 4.10. The van der Waals surface area contributed by atoms with Crippen LogP contribution in [0.4, 0.5) is 11.6 Å². The maximum Gasteiger partial charge on any atom is 0.135 e. The number of aryl methyl sites for hydroxylation is 1. The average molecular weight is 269 g/mol. The third-order valence-corrected chi connectivity index (χ3v) is 3.45. The Bertz CT molecular complexity index is 564. The van der Waals surface area contributed by atoms with Crippen LogP contribution in [0.2, 0.25) is 0 Å². The number of nitrogens with zero attached hydrogens (tertiary/aromatic N) is 3. The Labute approximate surface area is 118 Å². The fraction of sp³-hybridized carbons (Fsp3) is 0.400. The van der Waals surface area contributed by atoms with Gasteiger partial charge in [0, 0.05) is 30.4 Å². The van der Waals surface area contributed by atoms with Crippen LogP contribution in [0.5, 0.6) is 0 Å². The van der Waals surface area contributed by atoms with Crippen LogP contribution in [0.1, 0.15) is 30.3 Å². The van der Waals surface area contributed by atoms with Crippen molar-refractivity contribution in [1.82, 2.24) is 20.3 Å². The zero-order valence-electron chi connectivity index (χ0n) is 11.6. The predicted molar refractivity (Wildman–Crippen MR) is 79.1 cm³/mol. The number of anilines is 2. The molecule has 5 nitrogen and oxygen atoms in total. The Morgan fingerprint density at radius 1 is 1.25 bits per heavy atom. The van der Waals surface area contributed by atoms with Crippen LogP contribution >= 0.6 is 0 Å². The van der Waals surface area contributed by atoms with E-state index in [0.717, 1.165) is 42.7 Å². The maximum atomic E-state index is 4.65. The minimum Gasteiger partial charge on any atom is -0.325 e. The molecule has 0 spiro atoms. The van der Waals surface area contributed by atoms with Crippen molar-refractivity contribution in [1.29, 1.82) is 0 Å². The highest BCUT2D eigenvalue weighted by Crippen LogP contribution is 2.22. The van der Waals surface area contributed by atoms with Crippen molar-refractivity contribution in [3.63, 3.8) is 0 Å². The first-order valence-electron chi connectivity index (χ1n) is 7.05. The number of piperidine rings is 1. The van der Waals surface area contributed by atoms with Gasteiger partial charge in [0.1, 0.15) is 17.5 Å². The predicted octanol–water partition coefficient (Wildman–Crippen LogP) is 2.39. The third-order valence-electron chi connectivity index (χ3n) is 3.45. The van der Waals surface area contributed by atoms with Gasteiger partial charge in [0.15, 0.2) is 0 Å². The lowest BCUT2D eigenvalue weighted by atomic mass is 9.99. The Hall–Kier alpha value is -2.01. The summed E-state index contributed by atoms with van der Waals surface area (Å²) >= 11 is 0. The third kappa shape index (κ3) is 3.11. The molecule has 2 aromatic rings. The van der Waals surface area contributed by atoms with Crippen molar-refractivity contribution in [2.24, 2.45) is 0 Å². The molecule has 0 amide bonds. The van der Waals surface area contributed by atoms with E-state index in [4.69, 9.17) is 0 Å². The van der Waals surface area contributed by atoms with E-state index in [1.165, 1.54) is 6.42 Å². The lowest BCUT2D eigenvalue weighted by molar-refractivity contribution is 0.446. The zero-order valence-corrected chi connectivity index (χ0v) is 11.6. The molecule has 2 N–H and O–H groups in total. The van der Waals surface area contributed by atoms with Gasteiger partial charge in [-0.1, -0.05) is 6.07 Å². The molecule has 0 aromatic carbocycles. The van der Waals surface area contributed by atoms with Crippen LogP contribution in [0, 0.1) is 6.92 Å². The van der Waals surface area contributed by atoms with Gasteiger partial charge in [-0.3, -0.25) is 0 Å².